The lowest BCUT2D eigenvalue weighted by Gasteiger charge is -2.37. The summed E-state index contributed by atoms with van der Waals surface area (Å²) in [5.74, 6) is -0.111. The number of nitrogens with two attached hydrogens (primary N) is 1. The zero-order valence-electron chi connectivity index (χ0n) is 12.0. The smallest absolute Gasteiger partial charge is 0.280 e. The van der Waals surface area contributed by atoms with Gasteiger partial charge in [-0.25, -0.2) is 4.98 Å². The molecular formula is C12H17N5O5. The van der Waals surface area contributed by atoms with Crippen molar-refractivity contribution in [1.29, 1.82) is 0 Å². The van der Waals surface area contributed by atoms with Gasteiger partial charge in [-0.2, -0.15) is 4.98 Å². The highest BCUT2D eigenvalue weighted by Gasteiger charge is 2.61. The van der Waals surface area contributed by atoms with Crippen LogP contribution in [0.4, 0.5) is 5.95 Å². The fraction of sp³-hybridized carbons (Fsp3) is 0.583. The Kier molecular flexibility index (Phi) is 3.04. The van der Waals surface area contributed by atoms with Gasteiger partial charge in [0.05, 0.1) is 12.9 Å². The Balaban J connectivity index is 2.24. The molecule has 1 aliphatic heterocycles. The second kappa shape index (κ2) is 4.49. The van der Waals surface area contributed by atoms with Crippen LogP contribution in [-0.2, 0) is 10.5 Å². The van der Waals surface area contributed by atoms with E-state index in [1.54, 1.807) is 0 Å². The van der Waals surface area contributed by atoms with Crippen LogP contribution in [-0.4, -0.2) is 59.3 Å². The van der Waals surface area contributed by atoms with E-state index in [9.17, 15) is 20.1 Å². The predicted molar refractivity (Wildman–Crippen MR) is 74.8 cm³/mol. The summed E-state index contributed by atoms with van der Waals surface area (Å²) >= 11 is 0. The van der Waals surface area contributed by atoms with Crippen molar-refractivity contribution in [2.24, 2.45) is 0 Å². The fourth-order valence-corrected chi connectivity index (χ4v) is 2.79. The predicted octanol–water partition coefficient (Wildman–Crippen LogP) is -2.12. The van der Waals surface area contributed by atoms with Gasteiger partial charge in [-0.15, -0.1) is 0 Å². The number of fused-ring (bicyclic) bond motifs is 1. The molecule has 1 aliphatic rings. The van der Waals surface area contributed by atoms with Crippen LogP contribution in [0.3, 0.4) is 0 Å². The maximum absolute atomic E-state index is 11.8. The number of aromatic amines is 1. The highest BCUT2D eigenvalue weighted by Crippen LogP contribution is 2.44. The first-order valence-electron chi connectivity index (χ1n) is 6.65. The van der Waals surface area contributed by atoms with Crippen molar-refractivity contribution in [2.75, 3.05) is 12.3 Å². The number of aromatic nitrogens is 4. The highest BCUT2D eigenvalue weighted by atomic mass is 16.6. The van der Waals surface area contributed by atoms with Gasteiger partial charge in [-0.1, -0.05) is 0 Å². The Morgan fingerprint density at radius 2 is 2.23 bits per heavy atom. The molecule has 0 aromatic carbocycles. The minimum atomic E-state index is -1.76. The number of aliphatic hydroxyl groups excluding tert-OH is 2. The van der Waals surface area contributed by atoms with E-state index in [1.165, 1.54) is 24.7 Å². The summed E-state index contributed by atoms with van der Waals surface area (Å²) in [6.07, 6.45) is -1.05. The van der Waals surface area contributed by atoms with Crippen LogP contribution in [0, 0.1) is 0 Å². The fourth-order valence-electron chi connectivity index (χ4n) is 2.79. The van der Waals surface area contributed by atoms with Gasteiger partial charge in [-0.3, -0.25) is 14.3 Å². The van der Waals surface area contributed by atoms with E-state index < -0.39 is 35.7 Å². The zero-order valence-corrected chi connectivity index (χ0v) is 12.0. The normalized spacial score (nSPS) is 35.3. The number of H-pyrrole nitrogens is 1. The molecule has 3 rings (SSSR count). The van der Waals surface area contributed by atoms with Gasteiger partial charge in [0.2, 0.25) is 5.95 Å². The van der Waals surface area contributed by atoms with Crippen molar-refractivity contribution in [2.45, 2.75) is 37.4 Å². The number of hydrogen-bond donors (Lipinski definition) is 5. The van der Waals surface area contributed by atoms with Crippen molar-refractivity contribution in [3.63, 3.8) is 0 Å². The van der Waals surface area contributed by atoms with Gasteiger partial charge >= 0.3 is 0 Å². The monoisotopic (exact) mass is 311 g/mol. The zero-order chi connectivity index (χ0) is 16.3. The number of ether oxygens (including phenoxy) is 1. The van der Waals surface area contributed by atoms with Crippen LogP contribution in [0.1, 0.15) is 13.8 Å². The largest absolute Gasteiger partial charge is 0.394 e. The number of nitrogens with zero attached hydrogens (tertiary/aromatic N) is 3. The van der Waals surface area contributed by atoms with Crippen molar-refractivity contribution >= 4 is 17.1 Å². The van der Waals surface area contributed by atoms with Crippen molar-refractivity contribution in [3.05, 3.63) is 16.7 Å². The minimum Gasteiger partial charge on any atom is -0.394 e. The Morgan fingerprint density at radius 1 is 1.55 bits per heavy atom. The van der Waals surface area contributed by atoms with E-state index in [0.717, 1.165) is 0 Å². The summed E-state index contributed by atoms with van der Waals surface area (Å²) in [5.41, 5.74) is 1.89. The maximum atomic E-state index is 11.8. The van der Waals surface area contributed by atoms with E-state index in [0.29, 0.717) is 0 Å². The summed E-state index contributed by atoms with van der Waals surface area (Å²) in [4.78, 5) is 22.1. The second-order valence-electron chi connectivity index (χ2n) is 5.65. The minimum absolute atomic E-state index is 0.0248. The molecule has 0 aliphatic carbocycles. The van der Waals surface area contributed by atoms with Gasteiger partial charge < -0.3 is 25.8 Å². The quantitative estimate of drug-likeness (QED) is 0.421. The van der Waals surface area contributed by atoms with Gasteiger partial charge in [0.15, 0.2) is 16.9 Å². The van der Waals surface area contributed by atoms with Gasteiger partial charge in [0, 0.05) is 0 Å². The van der Waals surface area contributed by atoms with Gasteiger partial charge in [0.1, 0.15) is 17.8 Å². The molecule has 3 heterocycles. The number of anilines is 1. The number of hydrogen-bond acceptors (Lipinski definition) is 8. The third-order valence-electron chi connectivity index (χ3n) is 4.31. The summed E-state index contributed by atoms with van der Waals surface area (Å²) in [5, 5.41) is 30.1. The lowest BCUT2D eigenvalue weighted by molar-refractivity contribution is -0.174. The van der Waals surface area contributed by atoms with Crippen LogP contribution >= 0.6 is 0 Å². The first kappa shape index (κ1) is 14.9. The van der Waals surface area contributed by atoms with E-state index in [2.05, 4.69) is 15.0 Å². The van der Waals surface area contributed by atoms with Crippen LogP contribution in [0.5, 0.6) is 0 Å². The SMILES string of the molecule is C[C@]1(O)C(O)[C@@H](CO)O[C@@]1(C)n1cnc2c(=O)[nH]c(N)nc21. The van der Waals surface area contributed by atoms with Crippen LogP contribution in [0.15, 0.2) is 11.1 Å². The molecule has 1 saturated heterocycles. The number of aliphatic hydroxyl groups is 3. The van der Waals surface area contributed by atoms with E-state index in [-0.39, 0.29) is 17.1 Å². The van der Waals surface area contributed by atoms with Crippen LogP contribution < -0.4 is 11.3 Å². The summed E-state index contributed by atoms with van der Waals surface area (Å²) in [6.45, 7) is 2.40. The molecule has 10 nitrogen and oxygen atoms in total. The molecule has 1 unspecified atom stereocenters. The molecule has 2 aromatic rings. The summed E-state index contributed by atoms with van der Waals surface area (Å²) in [6, 6.07) is 0. The van der Waals surface area contributed by atoms with Gasteiger partial charge in [0.25, 0.3) is 5.56 Å². The molecule has 6 N–H and O–H groups in total. The van der Waals surface area contributed by atoms with Gasteiger partial charge in [-0.05, 0) is 13.8 Å². The van der Waals surface area contributed by atoms with E-state index >= 15 is 0 Å². The van der Waals surface area contributed by atoms with E-state index in [1.807, 2.05) is 0 Å². The molecule has 0 bridgehead atoms. The standard InChI is InChI=1S/C12H17N5O5/c1-11(21)7(19)5(3-18)22-12(11,2)17-4-14-6-8(17)15-10(13)16-9(6)20/h4-5,7,18-19,21H,3H2,1-2H3,(H3,13,15,16,20)/t5-,7?,11+,12-/m1/s1. The topological polar surface area (TPSA) is 160 Å². The lowest BCUT2D eigenvalue weighted by Crippen LogP contribution is -2.53. The first-order valence-corrected chi connectivity index (χ1v) is 6.65. The molecule has 2 aromatic heterocycles. The molecule has 4 atom stereocenters. The Labute approximate surface area is 124 Å². The molecular weight excluding hydrogens is 294 g/mol. The van der Waals surface area contributed by atoms with Crippen molar-refractivity contribution in [3.8, 4) is 0 Å². The lowest BCUT2D eigenvalue weighted by atomic mass is 9.88. The van der Waals surface area contributed by atoms with Crippen LogP contribution in [0.25, 0.3) is 11.2 Å². The van der Waals surface area contributed by atoms with Crippen LogP contribution in [0.2, 0.25) is 0 Å². The molecule has 120 valence electrons. The molecule has 22 heavy (non-hydrogen) atoms. The van der Waals surface area contributed by atoms with E-state index in [4.69, 9.17) is 10.5 Å². The average molecular weight is 311 g/mol. The highest BCUT2D eigenvalue weighted by molar-refractivity contribution is 5.70. The summed E-state index contributed by atoms with van der Waals surface area (Å²) < 4.78 is 6.96. The molecule has 0 amide bonds. The molecule has 0 saturated carbocycles. The molecule has 0 spiro atoms. The van der Waals surface area contributed by atoms with Crippen molar-refractivity contribution in [1.82, 2.24) is 19.5 Å². The molecule has 10 heteroatoms. The average Bonchev–Trinajstić information content (AvgIpc) is 2.93. The number of imidazole rings is 1. The number of nitrogens with one attached hydrogen (secondary N) is 1. The third kappa shape index (κ3) is 1.72. The number of rotatable bonds is 2. The maximum Gasteiger partial charge on any atom is 0.280 e. The summed E-state index contributed by atoms with van der Waals surface area (Å²) in [7, 11) is 0. The first-order chi connectivity index (χ1) is 10.2. The number of nitrogen functional groups attached to an aromatic ring is 1. The Bertz CT molecular complexity index is 784. The molecule has 0 radical (unpaired) electrons. The Morgan fingerprint density at radius 3 is 2.82 bits per heavy atom. The third-order valence-corrected chi connectivity index (χ3v) is 4.31. The second-order valence-corrected chi connectivity index (χ2v) is 5.65. The Hall–Kier alpha value is -2.01. The molecule has 1 fully saturated rings. The van der Waals surface area contributed by atoms with Crippen molar-refractivity contribution < 1.29 is 20.1 Å².